The normalized spacial score (nSPS) is 49.3. The zero-order chi connectivity index (χ0) is 18.0. The number of thiocarbonyl (C=S) groups is 1. The number of ketones is 2. The molecule has 4 fully saturated rings. The molecule has 0 aliphatic heterocycles. The van der Waals surface area contributed by atoms with E-state index in [4.69, 9.17) is 12.2 Å². The van der Waals surface area contributed by atoms with Gasteiger partial charge in [0.25, 0.3) is 0 Å². The predicted molar refractivity (Wildman–Crippen MR) is 100 cm³/mol. The molecule has 4 saturated carbocycles. The molecule has 0 saturated heterocycles. The van der Waals surface area contributed by atoms with E-state index >= 15 is 0 Å². The molecule has 4 heteroatoms. The molecule has 4 aliphatic carbocycles. The first-order chi connectivity index (χ1) is 11.8. The van der Waals surface area contributed by atoms with Crippen LogP contribution in [0.2, 0.25) is 0 Å². The summed E-state index contributed by atoms with van der Waals surface area (Å²) in [6.45, 7) is 4.36. The first-order valence-corrected chi connectivity index (χ1v) is 10.4. The topological polar surface area (TPSA) is 54.4 Å². The van der Waals surface area contributed by atoms with Crippen LogP contribution in [-0.4, -0.2) is 28.1 Å². The van der Waals surface area contributed by atoms with Gasteiger partial charge in [0.05, 0.1) is 0 Å². The van der Waals surface area contributed by atoms with Crippen molar-refractivity contribution in [1.82, 2.24) is 0 Å². The smallest absolute Gasteiger partial charge is 0.161 e. The Labute approximate surface area is 155 Å². The van der Waals surface area contributed by atoms with Crippen LogP contribution in [0.25, 0.3) is 0 Å². The van der Waals surface area contributed by atoms with Crippen LogP contribution in [0.15, 0.2) is 0 Å². The fourth-order valence-corrected chi connectivity index (χ4v) is 8.02. The number of aliphatic hydroxyl groups excluding tert-OH is 1. The van der Waals surface area contributed by atoms with Crippen molar-refractivity contribution >= 4 is 28.6 Å². The summed E-state index contributed by atoms with van der Waals surface area (Å²) < 4.78 is 0. The minimum Gasteiger partial charge on any atom is -0.389 e. The lowest BCUT2D eigenvalue weighted by Gasteiger charge is -2.60. The van der Waals surface area contributed by atoms with E-state index in [0.29, 0.717) is 42.3 Å². The van der Waals surface area contributed by atoms with Gasteiger partial charge in [-0.25, -0.2) is 0 Å². The maximum absolute atomic E-state index is 12.3. The van der Waals surface area contributed by atoms with Crippen molar-refractivity contribution in [3.8, 4) is 0 Å². The van der Waals surface area contributed by atoms with Crippen molar-refractivity contribution in [1.29, 1.82) is 0 Å². The van der Waals surface area contributed by atoms with Crippen LogP contribution in [0.1, 0.15) is 65.2 Å². The van der Waals surface area contributed by atoms with Gasteiger partial charge in [-0.2, -0.15) is 0 Å². The van der Waals surface area contributed by atoms with Crippen LogP contribution in [0.4, 0.5) is 0 Å². The third-order valence-corrected chi connectivity index (χ3v) is 9.28. The monoisotopic (exact) mass is 362 g/mol. The van der Waals surface area contributed by atoms with Crippen molar-refractivity contribution in [3.63, 3.8) is 0 Å². The van der Waals surface area contributed by atoms with Gasteiger partial charge in [0.1, 0.15) is 12.4 Å². The molecule has 0 spiro atoms. The van der Waals surface area contributed by atoms with Gasteiger partial charge in [0.15, 0.2) is 5.78 Å². The fraction of sp³-hybridized carbons (Fsp3) is 0.857. The summed E-state index contributed by atoms with van der Waals surface area (Å²) in [5, 5.41) is 9.39. The maximum atomic E-state index is 12.3. The molecular formula is C21H30O3S. The highest BCUT2D eigenvalue weighted by Gasteiger charge is 2.62. The van der Waals surface area contributed by atoms with Crippen molar-refractivity contribution < 1.29 is 14.7 Å². The standard InChI is InChI=1S/C21H30O3S/c1-20-8-6-15-13(14(20)3-4-16(20)18(24)11-22)10-19(25)17-9-12(23)5-7-21(15,17)2/h13-17,22H,3-11H2,1-2H3/t13?,14?,15?,16?,17?,20-,21+/m0/s1. The summed E-state index contributed by atoms with van der Waals surface area (Å²) >= 11 is 5.84. The number of rotatable bonds is 2. The summed E-state index contributed by atoms with van der Waals surface area (Å²) in [4.78, 5) is 25.5. The number of aliphatic hydroxyl groups is 1. The fourth-order valence-electron chi connectivity index (χ4n) is 7.48. The van der Waals surface area contributed by atoms with Crippen LogP contribution >= 0.6 is 12.2 Å². The largest absolute Gasteiger partial charge is 0.389 e. The Hall–Kier alpha value is -0.610. The summed E-state index contributed by atoms with van der Waals surface area (Å²) in [6.07, 6.45) is 7.58. The Kier molecular flexibility index (Phi) is 4.23. The molecular weight excluding hydrogens is 332 g/mol. The Balaban J connectivity index is 1.66. The second-order valence-electron chi connectivity index (χ2n) is 9.65. The quantitative estimate of drug-likeness (QED) is 0.760. The van der Waals surface area contributed by atoms with Gasteiger partial charge in [0.2, 0.25) is 0 Å². The number of hydrogen-bond acceptors (Lipinski definition) is 4. The molecule has 7 atom stereocenters. The van der Waals surface area contributed by atoms with E-state index in [9.17, 15) is 14.7 Å². The minimum atomic E-state index is -0.318. The Morgan fingerprint density at radius 1 is 1.12 bits per heavy atom. The average molecular weight is 363 g/mol. The average Bonchev–Trinajstić information content (AvgIpc) is 2.93. The predicted octanol–water partition coefficient (Wildman–Crippen LogP) is 3.76. The highest BCUT2D eigenvalue weighted by atomic mass is 32.1. The number of fused-ring (bicyclic) bond motifs is 5. The van der Waals surface area contributed by atoms with Crippen molar-refractivity contribution in [3.05, 3.63) is 0 Å². The molecule has 0 bridgehead atoms. The Bertz CT molecular complexity index is 629. The van der Waals surface area contributed by atoms with Crippen LogP contribution in [0.5, 0.6) is 0 Å². The van der Waals surface area contributed by atoms with E-state index in [0.717, 1.165) is 43.4 Å². The molecule has 4 rings (SSSR count). The third-order valence-electron chi connectivity index (χ3n) is 8.82. The molecule has 138 valence electrons. The van der Waals surface area contributed by atoms with Gasteiger partial charge < -0.3 is 5.11 Å². The summed E-state index contributed by atoms with van der Waals surface area (Å²) in [6, 6.07) is 0. The number of carbonyl (C=O) groups excluding carboxylic acids is 2. The highest BCUT2D eigenvalue weighted by Crippen LogP contribution is 2.66. The minimum absolute atomic E-state index is 0.0236. The van der Waals surface area contributed by atoms with E-state index in [2.05, 4.69) is 13.8 Å². The molecule has 5 unspecified atom stereocenters. The van der Waals surface area contributed by atoms with E-state index in [1.807, 2.05) is 0 Å². The molecule has 0 aromatic rings. The van der Waals surface area contributed by atoms with Crippen LogP contribution in [0, 0.1) is 40.4 Å². The van der Waals surface area contributed by atoms with Crippen molar-refractivity contribution in [2.75, 3.05) is 6.61 Å². The molecule has 0 aromatic carbocycles. The molecule has 0 amide bonds. The second-order valence-corrected chi connectivity index (χ2v) is 10.2. The molecule has 0 heterocycles. The Morgan fingerprint density at radius 2 is 1.84 bits per heavy atom. The van der Waals surface area contributed by atoms with Gasteiger partial charge in [0, 0.05) is 24.7 Å². The zero-order valence-corrected chi connectivity index (χ0v) is 16.2. The molecule has 0 aromatic heterocycles. The number of Topliss-reactive ketones (excluding diaryl/α,β-unsaturated/α-hetero) is 2. The van der Waals surface area contributed by atoms with Gasteiger partial charge in [-0.1, -0.05) is 26.1 Å². The zero-order valence-electron chi connectivity index (χ0n) is 15.4. The molecule has 0 radical (unpaired) electrons. The maximum Gasteiger partial charge on any atom is 0.161 e. The van der Waals surface area contributed by atoms with Crippen LogP contribution in [-0.2, 0) is 9.59 Å². The first kappa shape index (κ1) is 17.8. The lowest BCUT2D eigenvalue weighted by molar-refractivity contribution is -0.136. The molecule has 4 aliphatic rings. The summed E-state index contributed by atoms with van der Waals surface area (Å²) in [7, 11) is 0. The lowest BCUT2D eigenvalue weighted by Crippen LogP contribution is -2.56. The van der Waals surface area contributed by atoms with Crippen molar-refractivity contribution in [2.24, 2.45) is 40.4 Å². The van der Waals surface area contributed by atoms with E-state index in [1.165, 1.54) is 0 Å². The number of hydrogen-bond donors (Lipinski definition) is 1. The summed E-state index contributed by atoms with van der Waals surface area (Å²) in [5.74, 6) is 2.49. The SMILES string of the molecule is C[C@]12CCC(=O)CC1C(=S)CC1C2CC[C@]2(C)C(C(=O)CO)CCC12. The van der Waals surface area contributed by atoms with E-state index in [-0.39, 0.29) is 29.1 Å². The Morgan fingerprint density at radius 3 is 2.56 bits per heavy atom. The lowest BCUT2D eigenvalue weighted by atomic mass is 9.44. The molecule has 3 nitrogen and oxygen atoms in total. The van der Waals surface area contributed by atoms with Gasteiger partial charge in [-0.3, -0.25) is 9.59 Å². The third kappa shape index (κ3) is 2.43. The molecule has 25 heavy (non-hydrogen) atoms. The number of carbonyl (C=O) groups is 2. The highest BCUT2D eigenvalue weighted by molar-refractivity contribution is 7.80. The van der Waals surface area contributed by atoms with Gasteiger partial charge in [-0.15, -0.1) is 0 Å². The van der Waals surface area contributed by atoms with Crippen molar-refractivity contribution in [2.45, 2.75) is 65.2 Å². The second kappa shape index (κ2) is 5.95. The van der Waals surface area contributed by atoms with Gasteiger partial charge in [-0.05, 0) is 72.0 Å². The van der Waals surface area contributed by atoms with E-state index in [1.54, 1.807) is 0 Å². The molecule has 1 N–H and O–H groups in total. The van der Waals surface area contributed by atoms with E-state index < -0.39 is 0 Å². The van der Waals surface area contributed by atoms with Crippen LogP contribution in [0.3, 0.4) is 0 Å². The first-order valence-electron chi connectivity index (χ1n) is 9.99. The van der Waals surface area contributed by atoms with Gasteiger partial charge >= 0.3 is 0 Å². The summed E-state index contributed by atoms with van der Waals surface area (Å²) in [5.41, 5.74) is 0.207. The van der Waals surface area contributed by atoms with Crippen LogP contribution < -0.4 is 0 Å².